The first-order valence-corrected chi connectivity index (χ1v) is 7.42. The number of carbonyl (C=O) groups excluding carboxylic acids is 2. The Hall–Kier alpha value is -1.30. The highest BCUT2D eigenvalue weighted by molar-refractivity contribution is 5.74. The van der Waals surface area contributed by atoms with Crippen molar-refractivity contribution in [2.75, 3.05) is 27.7 Å². The van der Waals surface area contributed by atoms with Gasteiger partial charge >= 0.3 is 6.09 Å². The van der Waals surface area contributed by atoms with Gasteiger partial charge in [0, 0.05) is 27.1 Å². The van der Waals surface area contributed by atoms with Crippen LogP contribution in [0.1, 0.15) is 53.9 Å². The standard InChI is InChI=1S/C13H26N2O4.C2H6/c1-13(2,3)19-12(17)14(4)10-8-7-9-11(16)15(5)18-6;1-2/h7-10H2,1-6H3;1-2H3. The van der Waals surface area contributed by atoms with Crippen LogP contribution in [0.3, 0.4) is 0 Å². The number of amides is 2. The van der Waals surface area contributed by atoms with Gasteiger partial charge in [0.15, 0.2) is 0 Å². The Kier molecular flexibility index (Phi) is 11.9. The van der Waals surface area contributed by atoms with Crippen LogP contribution in [-0.4, -0.2) is 55.3 Å². The summed E-state index contributed by atoms with van der Waals surface area (Å²) in [6.45, 7) is 10.1. The van der Waals surface area contributed by atoms with Gasteiger partial charge in [0.2, 0.25) is 5.91 Å². The van der Waals surface area contributed by atoms with Crippen molar-refractivity contribution in [1.82, 2.24) is 9.96 Å². The molecule has 0 fully saturated rings. The zero-order valence-electron chi connectivity index (χ0n) is 14.9. The SMILES string of the molecule is CC.CON(C)C(=O)CCCCN(C)C(=O)OC(C)(C)C. The summed E-state index contributed by atoms with van der Waals surface area (Å²) in [5, 5.41) is 1.21. The lowest BCUT2D eigenvalue weighted by molar-refractivity contribution is -0.168. The summed E-state index contributed by atoms with van der Waals surface area (Å²) in [4.78, 5) is 29.4. The summed E-state index contributed by atoms with van der Waals surface area (Å²) >= 11 is 0. The number of rotatable bonds is 6. The van der Waals surface area contributed by atoms with E-state index in [1.54, 1.807) is 14.1 Å². The second kappa shape index (κ2) is 11.4. The average molecular weight is 304 g/mol. The Morgan fingerprint density at radius 3 is 2.00 bits per heavy atom. The number of hydrogen-bond acceptors (Lipinski definition) is 4. The van der Waals surface area contributed by atoms with E-state index in [2.05, 4.69) is 0 Å². The van der Waals surface area contributed by atoms with Gasteiger partial charge in [0.1, 0.15) is 5.60 Å². The summed E-state index contributed by atoms with van der Waals surface area (Å²) in [5.41, 5.74) is -0.484. The van der Waals surface area contributed by atoms with Gasteiger partial charge in [0.05, 0.1) is 7.11 Å². The number of ether oxygens (including phenoxy) is 1. The van der Waals surface area contributed by atoms with Crippen molar-refractivity contribution in [3.8, 4) is 0 Å². The lowest BCUT2D eigenvalue weighted by Crippen LogP contribution is -2.34. The predicted molar refractivity (Wildman–Crippen MR) is 83.8 cm³/mol. The number of unbranched alkanes of at least 4 members (excludes halogenated alkanes) is 1. The molecule has 6 nitrogen and oxygen atoms in total. The van der Waals surface area contributed by atoms with Gasteiger partial charge in [-0.05, 0) is 33.6 Å². The van der Waals surface area contributed by atoms with Crippen molar-refractivity contribution in [1.29, 1.82) is 0 Å². The van der Waals surface area contributed by atoms with Gasteiger partial charge in [-0.25, -0.2) is 9.86 Å². The minimum atomic E-state index is -0.484. The molecule has 0 unspecified atom stereocenters. The molecule has 0 spiro atoms. The fraction of sp³-hybridized carbons (Fsp3) is 0.867. The van der Waals surface area contributed by atoms with E-state index in [0.717, 1.165) is 6.42 Å². The molecule has 0 rings (SSSR count). The summed E-state index contributed by atoms with van der Waals surface area (Å²) in [6.07, 6.45) is 1.53. The fourth-order valence-corrected chi connectivity index (χ4v) is 1.32. The smallest absolute Gasteiger partial charge is 0.410 e. The number of hydroxylamine groups is 2. The molecule has 0 heterocycles. The van der Waals surface area contributed by atoms with E-state index in [4.69, 9.17) is 9.57 Å². The molecule has 0 radical (unpaired) electrons. The summed E-state index contributed by atoms with van der Waals surface area (Å²) in [7, 11) is 4.72. The van der Waals surface area contributed by atoms with Crippen LogP contribution in [0.4, 0.5) is 4.79 Å². The molecule has 0 N–H and O–H groups in total. The van der Waals surface area contributed by atoms with Gasteiger partial charge in [-0.2, -0.15) is 0 Å². The van der Waals surface area contributed by atoms with Crippen LogP contribution in [0.15, 0.2) is 0 Å². The summed E-state index contributed by atoms with van der Waals surface area (Å²) in [6, 6.07) is 0. The first-order valence-electron chi connectivity index (χ1n) is 7.42. The minimum Gasteiger partial charge on any atom is -0.444 e. The van der Waals surface area contributed by atoms with Crippen LogP contribution < -0.4 is 0 Å². The summed E-state index contributed by atoms with van der Waals surface area (Å²) in [5.74, 6) is -0.0672. The molecule has 0 aliphatic rings. The molecule has 21 heavy (non-hydrogen) atoms. The van der Waals surface area contributed by atoms with E-state index in [-0.39, 0.29) is 12.0 Å². The third-order valence-corrected chi connectivity index (χ3v) is 2.46. The van der Waals surface area contributed by atoms with Crippen LogP contribution in [0.5, 0.6) is 0 Å². The van der Waals surface area contributed by atoms with Gasteiger partial charge in [0.25, 0.3) is 0 Å². The van der Waals surface area contributed by atoms with Crippen LogP contribution in [0.25, 0.3) is 0 Å². The maximum Gasteiger partial charge on any atom is 0.410 e. The largest absolute Gasteiger partial charge is 0.444 e. The van der Waals surface area contributed by atoms with E-state index >= 15 is 0 Å². The molecule has 0 saturated carbocycles. The van der Waals surface area contributed by atoms with Gasteiger partial charge < -0.3 is 9.64 Å². The number of nitrogens with zero attached hydrogens (tertiary/aromatic N) is 2. The quantitative estimate of drug-likeness (QED) is 0.559. The van der Waals surface area contributed by atoms with Gasteiger partial charge in [-0.3, -0.25) is 9.63 Å². The molecule has 0 aromatic heterocycles. The zero-order valence-corrected chi connectivity index (χ0v) is 14.9. The van der Waals surface area contributed by atoms with Crippen LogP contribution in [0, 0.1) is 0 Å². The van der Waals surface area contributed by atoms with E-state index in [1.165, 1.54) is 17.1 Å². The lowest BCUT2D eigenvalue weighted by atomic mass is 10.2. The Bertz CT molecular complexity index is 301. The third-order valence-electron chi connectivity index (χ3n) is 2.46. The fourth-order valence-electron chi connectivity index (χ4n) is 1.32. The highest BCUT2D eigenvalue weighted by Crippen LogP contribution is 2.09. The van der Waals surface area contributed by atoms with Crippen molar-refractivity contribution in [3.05, 3.63) is 0 Å². The Morgan fingerprint density at radius 1 is 1.05 bits per heavy atom. The molecule has 2 amide bonds. The maximum atomic E-state index is 11.6. The lowest BCUT2D eigenvalue weighted by Gasteiger charge is -2.24. The second-order valence-corrected chi connectivity index (χ2v) is 5.43. The first kappa shape index (κ1) is 22.0. The Balaban J connectivity index is 0. The molecule has 0 aromatic rings. The molecule has 0 atom stereocenters. The Morgan fingerprint density at radius 2 is 1.57 bits per heavy atom. The van der Waals surface area contributed by atoms with E-state index in [1.807, 2.05) is 34.6 Å². The number of hydrogen-bond donors (Lipinski definition) is 0. The molecule has 0 bridgehead atoms. The molecule has 0 aliphatic carbocycles. The minimum absolute atomic E-state index is 0.0672. The van der Waals surface area contributed by atoms with Gasteiger partial charge in [-0.15, -0.1) is 0 Å². The van der Waals surface area contributed by atoms with E-state index in [9.17, 15) is 9.59 Å². The maximum absolute atomic E-state index is 11.6. The summed E-state index contributed by atoms with van der Waals surface area (Å²) < 4.78 is 5.23. The molecule has 0 saturated heterocycles. The second-order valence-electron chi connectivity index (χ2n) is 5.43. The van der Waals surface area contributed by atoms with Crippen molar-refractivity contribution in [2.24, 2.45) is 0 Å². The van der Waals surface area contributed by atoms with Crippen LogP contribution in [-0.2, 0) is 14.4 Å². The van der Waals surface area contributed by atoms with Crippen molar-refractivity contribution < 1.29 is 19.2 Å². The molecule has 6 heteroatoms. The average Bonchev–Trinajstić information content (AvgIpc) is 2.42. The first-order chi connectivity index (χ1) is 9.67. The molecular weight excluding hydrogens is 272 g/mol. The van der Waals surface area contributed by atoms with E-state index < -0.39 is 5.60 Å². The topological polar surface area (TPSA) is 59.1 Å². The van der Waals surface area contributed by atoms with Crippen molar-refractivity contribution in [3.63, 3.8) is 0 Å². The van der Waals surface area contributed by atoms with Crippen molar-refractivity contribution in [2.45, 2.75) is 59.5 Å². The normalized spacial score (nSPS) is 10.3. The molecule has 0 aromatic carbocycles. The van der Waals surface area contributed by atoms with Crippen LogP contribution >= 0.6 is 0 Å². The Labute approximate surface area is 129 Å². The molecule has 0 aliphatic heterocycles. The predicted octanol–water partition coefficient (Wildman–Crippen LogP) is 3.07. The highest BCUT2D eigenvalue weighted by atomic mass is 16.7. The van der Waals surface area contributed by atoms with E-state index in [0.29, 0.717) is 19.4 Å². The zero-order chi connectivity index (χ0) is 17.1. The molecular formula is C15H32N2O4. The van der Waals surface area contributed by atoms with Crippen LogP contribution in [0.2, 0.25) is 0 Å². The van der Waals surface area contributed by atoms with Gasteiger partial charge in [-0.1, -0.05) is 13.8 Å². The number of carbonyl (C=O) groups is 2. The monoisotopic (exact) mass is 304 g/mol. The third kappa shape index (κ3) is 12.2. The highest BCUT2D eigenvalue weighted by Gasteiger charge is 2.19. The van der Waals surface area contributed by atoms with Crippen molar-refractivity contribution >= 4 is 12.0 Å². The molecule has 126 valence electrons.